The number of fused-ring (bicyclic) bond motifs is 1. The molecule has 1 aliphatic rings. The Labute approximate surface area is 167 Å². The lowest BCUT2D eigenvalue weighted by molar-refractivity contribution is 0.0159. The number of rotatable bonds is 1. The van der Waals surface area contributed by atoms with Crippen LogP contribution in [0.4, 0.5) is 10.5 Å². The first-order valence-corrected chi connectivity index (χ1v) is 9.81. The highest BCUT2D eigenvalue weighted by Gasteiger charge is 2.32. The van der Waals surface area contributed by atoms with Gasteiger partial charge in [-0.25, -0.2) is 4.79 Å². The molecular formula is C19H23BrClN3O2. The second-order valence-electron chi connectivity index (χ2n) is 7.58. The number of pyridine rings is 1. The maximum Gasteiger partial charge on any atom is 0.410 e. The Morgan fingerprint density at radius 1 is 1.35 bits per heavy atom. The van der Waals surface area contributed by atoms with Crippen molar-refractivity contribution >= 4 is 50.2 Å². The van der Waals surface area contributed by atoms with Crippen molar-refractivity contribution < 1.29 is 9.53 Å². The average Bonchev–Trinajstić information content (AvgIpc) is 2.52. The zero-order valence-electron chi connectivity index (χ0n) is 15.4. The van der Waals surface area contributed by atoms with Crippen LogP contribution in [0.1, 0.15) is 27.7 Å². The molecule has 1 amide bonds. The minimum atomic E-state index is -0.495. The third-order valence-electron chi connectivity index (χ3n) is 4.33. The molecule has 2 aromatic rings. The van der Waals surface area contributed by atoms with Crippen molar-refractivity contribution in [3.05, 3.63) is 33.9 Å². The van der Waals surface area contributed by atoms with Crippen LogP contribution in [0.5, 0.6) is 0 Å². The first-order chi connectivity index (χ1) is 12.2. The molecule has 140 valence electrons. The molecule has 0 saturated carbocycles. The molecular weight excluding hydrogens is 418 g/mol. The fourth-order valence-corrected chi connectivity index (χ4v) is 3.83. The first-order valence-electron chi connectivity index (χ1n) is 8.64. The van der Waals surface area contributed by atoms with E-state index in [-0.39, 0.29) is 12.1 Å². The fraction of sp³-hybridized carbons (Fsp3) is 0.474. The summed E-state index contributed by atoms with van der Waals surface area (Å²) in [4.78, 5) is 20.9. The van der Waals surface area contributed by atoms with Gasteiger partial charge in [-0.2, -0.15) is 0 Å². The molecule has 3 rings (SSSR count). The van der Waals surface area contributed by atoms with Crippen molar-refractivity contribution in [2.45, 2.75) is 39.3 Å². The number of benzene rings is 1. The van der Waals surface area contributed by atoms with Crippen molar-refractivity contribution in [1.82, 2.24) is 9.88 Å². The normalized spacial score (nSPS) is 18.3. The summed E-state index contributed by atoms with van der Waals surface area (Å²) in [5.41, 5.74) is 1.37. The van der Waals surface area contributed by atoms with E-state index >= 15 is 0 Å². The SMILES string of the molecule is C[C@@H]1CN(c2c(Cl)cnc3ccc(Br)cc23)CCN1C(=O)OC(C)(C)C. The molecule has 0 N–H and O–H groups in total. The summed E-state index contributed by atoms with van der Waals surface area (Å²) in [6.07, 6.45) is 1.43. The maximum absolute atomic E-state index is 12.4. The lowest BCUT2D eigenvalue weighted by Crippen LogP contribution is -2.55. The molecule has 0 radical (unpaired) electrons. The van der Waals surface area contributed by atoms with Crippen LogP contribution in [-0.2, 0) is 4.74 Å². The highest BCUT2D eigenvalue weighted by atomic mass is 79.9. The predicted molar refractivity (Wildman–Crippen MR) is 109 cm³/mol. The molecule has 1 aliphatic heterocycles. The molecule has 26 heavy (non-hydrogen) atoms. The fourth-order valence-electron chi connectivity index (χ4n) is 3.20. The number of hydrogen-bond acceptors (Lipinski definition) is 4. The quantitative estimate of drug-likeness (QED) is 0.619. The van der Waals surface area contributed by atoms with Crippen molar-refractivity contribution in [1.29, 1.82) is 0 Å². The molecule has 1 saturated heterocycles. The monoisotopic (exact) mass is 439 g/mol. The Kier molecular flexibility index (Phi) is 5.35. The summed E-state index contributed by atoms with van der Waals surface area (Å²) in [5.74, 6) is 0. The number of halogens is 2. The van der Waals surface area contributed by atoms with E-state index in [4.69, 9.17) is 16.3 Å². The van der Waals surface area contributed by atoms with E-state index in [1.807, 2.05) is 45.9 Å². The number of anilines is 1. The number of hydrogen-bond donors (Lipinski definition) is 0. The van der Waals surface area contributed by atoms with Crippen LogP contribution in [0.2, 0.25) is 5.02 Å². The molecule has 0 spiro atoms. The predicted octanol–water partition coefficient (Wildman–Crippen LogP) is 5.10. The van der Waals surface area contributed by atoms with E-state index in [1.54, 1.807) is 11.1 Å². The largest absolute Gasteiger partial charge is 0.444 e. The van der Waals surface area contributed by atoms with Gasteiger partial charge < -0.3 is 14.5 Å². The van der Waals surface area contributed by atoms with Gasteiger partial charge in [-0.15, -0.1) is 0 Å². The summed E-state index contributed by atoms with van der Waals surface area (Å²) in [6, 6.07) is 5.99. The molecule has 0 aliphatic carbocycles. The highest BCUT2D eigenvalue weighted by molar-refractivity contribution is 9.10. The second kappa shape index (κ2) is 7.24. The number of carbonyl (C=O) groups excluding carboxylic acids is 1. The van der Waals surface area contributed by atoms with E-state index in [0.717, 1.165) is 21.1 Å². The van der Waals surface area contributed by atoms with Crippen LogP contribution in [-0.4, -0.2) is 47.3 Å². The van der Waals surface area contributed by atoms with E-state index in [9.17, 15) is 4.79 Å². The van der Waals surface area contributed by atoms with E-state index in [2.05, 4.69) is 25.8 Å². The molecule has 0 bridgehead atoms. The van der Waals surface area contributed by atoms with Crippen LogP contribution >= 0.6 is 27.5 Å². The Morgan fingerprint density at radius 2 is 2.08 bits per heavy atom. The van der Waals surface area contributed by atoms with Gasteiger partial charge in [0.2, 0.25) is 0 Å². The zero-order chi connectivity index (χ0) is 19.1. The standard InChI is InChI=1S/C19H23BrClN3O2/c1-12-11-23(7-8-24(12)18(25)26-19(2,3)4)17-14-9-13(20)5-6-16(14)22-10-15(17)21/h5-6,9-10,12H,7-8,11H2,1-4H3/t12-/m1/s1. The third kappa shape index (κ3) is 4.07. The minimum Gasteiger partial charge on any atom is -0.444 e. The summed E-state index contributed by atoms with van der Waals surface area (Å²) in [6.45, 7) is 9.64. The van der Waals surface area contributed by atoms with Crippen molar-refractivity contribution in [3.63, 3.8) is 0 Å². The molecule has 7 heteroatoms. The van der Waals surface area contributed by atoms with Crippen LogP contribution in [0, 0.1) is 0 Å². The van der Waals surface area contributed by atoms with Gasteiger partial charge in [0.05, 0.1) is 16.2 Å². The van der Waals surface area contributed by atoms with Crippen molar-refractivity contribution in [3.8, 4) is 0 Å². The minimum absolute atomic E-state index is 0.0186. The average molecular weight is 441 g/mol. The number of amides is 1. The van der Waals surface area contributed by atoms with Crippen LogP contribution in [0.3, 0.4) is 0 Å². The number of carbonyl (C=O) groups is 1. The molecule has 1 aromatic heterocycles. The van der Waals surface area contributed by atoms with Crippen LogP contribution in [0.15, 0.2) is 28.9 Å². The molecule has 2 heterocycles. The van der Waals surface area contributed by atoms with E-state index in [1.165, 1.54) is 0 Å². The maximum atomic E-state index is 12.4. The third-order valence-corrected chi connectivity index (χ3v) is 5.10. The Morgan fingerprint density at radius 3 is 2.73 bits per heavy atom. The number of ether oxygens (including phenoxy) is 1. The highest BCUT2D eigenvalue weighted by Crippen LogP contribution is 2.35. The van der Waals surface area contributed by atoms with Crippen molar-refractivity contribution in [2.75, 3.05) is 24.5 Å². The van der Waals surface area contributed by atoms with Gasteiger partial charge in [-0.3, -0.25) is 4.98 Å². The molecule has 0 unspecified atom stereocenters. The first kappa shape index (κ1) is 19.2. The van der Waals surface area contributed by atoms with E-state index in [0.29, 0.717) is 24.7 Å². The molecule has 1 fully saturated rings. The van der Waals surface area contributed by atoms with Gasteiger partial charge in [0.1, 0.15) is 5.60 Å². The topological polar surface area (TPSA) is 45.7 Å². The summed E-state index contributed by atoms with van der Waals surface area (Å²) in [7, 11) is 0. The Hall–Kier alpha value is -1.53. The Balaban J connectivity index is 1.85. The van der Waals surface area contributed by atoms with E-state index < -0.39 is 5.60 Å². The Bertz CT molecular complexity index is 832. The summed E-state index contributed by atoms with van der Waals surface area (Å²) in [5, 5.41) is 1.62. The molecule has 5 nitrogen and oxygen atoms in total. The zero-order valence-corrected chi connectivity index (χ0v) is 17.8. The lowest BCUT2D eigenvalue weighted by atomic mass is 10.1. The van der Waals surface area contributed by atoms with Crippen LogP contribution in [0.25, 0.3) is 10.9 Å². The lowest BCUT2D eigenvalue weighted by Gasteiger charge is -2.41. The van der Waals surface area contributed by atoms with Gasteiger partial charge in [-0.1, -0.05) is 27.5 Å². The summed E-state index contributed by atoms with van der Waals surface area (Å²) >= 11 is 10.0. The van der Waals surface area contributed by atoms with Gasteiger partial charge in [-0.05, 0) is 45.9 Å². The van der Waals surface area contributed by atoms with Crippen molar-refractivity contribution in [2.24, 2.45) is 0 Å². The van der Waals surface area contributed by atoms with Gasteiger partial charge in [0, 0.05) is 41.7 Å². The van der Waals surface area contributed by atoms with Gasteiger partial charge in [0.15, 0.2) is 0 Å². The number of piperazine rings is 1. The smallest absolute Gasteiger partial charge is 0.410 e. The van der Waals surface area contributed by atoms with Gasteiger partial charge in [0.25, 0.3) is 0 Å². The number of nitrogens with zero attached hydrogens (tertiary/aromatic N) is 3. The molecule has 1 atom stereocenters. The summed E-state index contributed by atoms with van der Waals surface area (Å²) < 4.78 is 6.51. The number of aromatic nitrogens is 1. The molecule has 1 aromatic carbocycles. The van der Waals surface area contributed by atoms with Gasteiger partial charge >= 0.3 is 6.09 Å². The second-order valence-corrected chi connectivity index (χ2v) is 8.91. The van der Waals surface area contributed by atoms with Crippen LogP contribution < -0.4 is 4.90 Å².